The molecule has 2 aliphatic heterocycles. The number of benzene rings is 8. The van der Waals surface area contributed by atoms with E-state index >= 15 is 4.57 Å². The van der Waals surface area contributed by atoms with E-state index in [0.717, 1.165) is 61.4 Å². The van der Waals surface area contributed by atoms with E-state index in [0.29, 0.717) is 5.70 Å². The summed E-state index contributed by atoms with van der Waals surface area (Å²) < 4.78 is 18.9. The van der Waals surface area contributed by atoms with Gasteiger partial charge in [-0.1, -0.05) is 182 Å². The lowest BCUT2D eigenvalue weighted by Gasteiger charge is -2.47. The quantitative estimate of drug-likeness (QED) is 0.135. The molecule has 0 fully saturated rings. The molecule has 0 bridgehead atoms. The van der Waals surface area contributed by atoms with Crippen LogP contribution in [0.2, 0.25) is 0 Å². The lowest BCUT2D eigenvalue weighted by molar-refractivity contribution is 0.590. The summed E-state index contributed by atoms with van der Waals surface area (Å²) in [6, 6.07) is 70.1. The van der Waals surface area contributed by atoms with Crippen molar-refractivity contribution in [2.24, 2.45) is 5.73 Å². The highest BCUT2D eigenvalue weighted by atomic mass is 31.2. The topological polar surface area (TPSA) is 48.0 Å². The van der Waals surface area contributed by atoms with E-state index in [1.165, 1.54) is 32.9 Å². The number of allylic oxidation sites excluding steroid dienone is 3. The van der Waals surface area contributed by atoms with E-state index in [2.05, 4.69) is 168 Å². The first-order valence-corrected chi connectivity index (χ1v) is 21.6. The van der Waals surface area contributed by atoms with Crippen molar-refractivity contribution in [3.63, 3.8) is 0 Å². The highest BCUT2D eigenvalue weighted by molar-refractivity contribution is 7.85. The molecule has 0 radical (unpaired) electrons. The number of rotatable bonds is 6. The molecule has 3 nitrogen and oxygen atoms in total. The second-order valence-electron chi connectivity index (χ2n) is 15.3. The van der Waals surface area contributed by atoms with E-state index in [-0.39, 0.29) is 0 Å². The van der Waals surface area contributed by atoms with Gasteiger partial charge >= 0.3 is 0 Å². The normalized spacial score (nSPS) is 18.2. The molecule has 8 aromatic carbocycles. The van der Waals surface area contributed by atoms with E-state index < -0.39 is 12.6 Å². The Morgan fingerprint density at radius 2 is 1.17 bits per heavy atom. The van der Waals surface area contributed by atoms with Crippen LogP contribution in [0.25, 0.3) is 38.8 Å². The maximum atomic E-state index is 16.5. The summed E-state index contributed by atoms with van der Waals surface area (Å²) in [6.45, 7) is 0. The Hall–Kier alpha value is -6.93. The Bertz CT molecular complexity index is 3180. The zero-order valence-corrected chi connectivity index (χ0v) is 32.7. The van der Waals surface area contributed by atoms with Crippen molar-refractivity contribution >= 4 is 56.1 Å². The molecular formula is C54H39N2OP. The molecule has 0 saturated carbocycles. The highest BCUT2D eigenvalue weighted by Crippen LogP contribution is 2.60. The molecule has 11 rings (SSSR count). The molecule has 0 saturated heterocycles. The van der Waals surface area contributed by atoms with Crippen LogP contribution in [0.5, 0.6) is 0 Å². The van der Waals surface area contributed by atoms with Gasteiger partial charge in [0.15, 0.2) is 7.14 Å². The summed E-state index contributed by atoms with van der Waals surface area (Å²) in [4.78, 5) is 0. The Balaban J connectivity index is 1.23. The number of hydrogen-bond donors (Lipinski definition) is 1. The minimum absolute atomic E-state index is 0.644. The Morgan fingerprint density at radius 1 is 0.552 bits per heavy atom. The minimum atomic E-state index is -3.39. The fourth-order valence-electron chi connectivity index (χ4n) is 9.81. The maximum Gasteiger partial charge on any atom is 0.171 e. The molecular weight excluding hydrogens is 724 g/mol. The zero-order valence-electron chi connectivity index (χ0n) is 31.8. The van der Waals surface area contributed by atoms with Crippen molar-refractivity contribution in [2.75, 3.05) is 0 Å². The molecule has 58 heavy (non-hydrogen) atoms. The van der Waals surface area contributed by atoms with E-state index in [1.807, 2.05) is 48.5 Å². The fourth-order valence-corrected chi connectivity index (χ4v) is 13.0. The van der Waals surface area contributed by atoms with Crippen molar-refractivity contribution < 1.29 is 4.57 Å². The highest BCUT2D eigenvalue weighted by Gasteiger charge is 2.54. The van der Waals surface area contributed by atoms with Gasteiger partial charge in [-0.2, -0.15) is 0 Å². The number of hydrogen-bond acceptors (Lipinski definition) is 2. The van der Waals surface area contributed by atoms with Gasteiger partial charge in [-0.15, -0.1) is 0 Å². The third kappa shape index (κ3) is 4.90. The van der Waals surface area contributed by atoms with Crippen LogP contribution in [0.15, 0.2) is 212 Å². The van der Waals surface area contributed by atoms with E-state index in [4.69, 9.17) is 5.73 Å². The molecule has 276 valence electrons. The third-order valence-corrected chi connectivity index (χ3v) is 15.5. The molecule has 9 aromatic rings. The Morgan fingerprint density at radius 3 is 1.98 bits per heavy atom. The van der Waals surface area contributed by atoms with Crippen LogP contribution in [-0.4, -0.2) is 4.57 Å². The minimum Gasteiger partial charge on any atom is -0.398 e. The van der Waals surface area contributed by atoms with Crippen LogP contribution in [-0.2, 0) is 16.4 Å². The number of aromatic nitrogens is 1. The van der Waals surface area contributed by atoms with Gasteiger partial charge in [-0.3, -0.25) is 0 Å². The van der Waals surface area contributed by atoms with Crippen molar-refractivity contribution in [3.8, 4) is 5.69 Å². The molecule has 1 aromatic heterocycles. The maximum absolute atomic E-state index is 16.5. The van der Waals surface area contributed by atoms with Crippen molar-refractivity contribution in [1.29, 1.82) is 0 Å². The number of nitrogens with two attached hydrogens (primary N) is 1. The van der Waals surface area contributed by atoms with Crippen LogP contribution in [0, 0.1) is 0 Å². The molecule has 4 heteroatoms. The van der Waals surface area contributed by atoms with Gasteiger partial charge in [0.25, 0.3) is 0 Å². The lowest BCUT2D eigenvalue weighted by Crippen LogP contribution is -2.48. The molecule has 2 aliphatic rings. The smallest absolute Gasteiger partial charge is 0.171 e. The van der Waals surface area contributed by atoms with Crippen LogP contribution in [0.3, 0.4) is 0 Å². The van der Waals surface area contributed by atoms with E-state index in [9.17, 15) is 0 Å². The first-order valence-electron chi connectivity index (χ1n) is 19.9. The van der Waals surface area contributed by atoms with Gasteiger partial charge in [0.1, 0.15) is 0 Å². The molecule has 0 aliphatic carbocycles. The summed E-state index contributed by atoms with van der Waals surface area (Å²) in [5.74, 6) is 0. The molecule has 2 unspecified atom stereocenters. The summed E-state index contributed by atoms with van der Waals surface area (Å²) in [5.41, 5.74) is 19.2. The van der Waals surface area contributed by atoms with Gasteiger partial charge in [-0.25, -0.2) is 0 Å². The van der Waals surface area contributed by atoms with Crippen LogP contribution in [0.4, 0.5) is 0 Å². The molecule has 2 atom stereocenters. The average Bonchev–Trinajstić information content (AvgIpc) is 3.64. The Kier molecular flexibility index (Phi) is 7.90. The first-order chi connectivity index (χ1) is 28.6. The monoisotopic (exact) mass is 762 g/mol. The van der Waals surface area contributed by atoms with Gasteiger partial charge in [0.05, 0.1) is 22.1 Å². The molecule has 0 amide bonds. The zero-order chi connectivity index (χ0) is 38.8. The summed E-state index contributed by atoms with van der Waals surface area (Å²) in [7, 11) is -3.39. The van der Waals surface area contributed by atoms with Crippen molar-refractivity contribution in [3.05, 3.63) is 251 Å². The predicted molar refractivity (Wildman–Crippen MR) is 242 cm³/mol. The SMILES string of the molecule is N/C(=C\C(=C/Cc1ccccc1)c1ccccc1)c1ccc2c(c1)C1(c3ccccc3-n3c4ccccc4c4cccc1c43)c1ccccc1P2(=O)c1ccccc1. The number of para-hydroxylation sites is 3. The second kappa shape index (κ2) is 13.3. The average molecular weight is 763 g/mol. The number of fused-ring (bicyclic) bond motifs is 11. The standard InChI is InChI=1S/C54H39N2OP/c55-48(36-39(38-19-6-2-7-20-38)32-31-37-17-4-1-5-18-37)40-33-34-52-47(35-40)54(45-26-12-15-30-51(45)58(52,57)41-21-8-3-9-22-41)44-25-11-14-29-50(44)56-49-28-13-10-23-42(49)43-24-16-27-46(54)53(43)56/h1-30,32-36H,31,55H2/b39-32+,48-36-. The summed E-state index contributed by atoms with van der Waals surface area (Å²) >= 11 is 0. The Labute approximate surface area is 338 Å². The second-order valence-corrected chi connectivity index (χ2v) is 18.0. The number of nitrogens with zero attached hydrogens (tertiary/aromatic N) is 1. The lowest BCUT2D eigenvalue weighted by atomic mass is 9.62. The fraction of sp³-hybridized carbons (Fsp3) is 0.0370. The summed E-state index contributed by atoms with van der Waals surface area (Å²) in [6.07, 6.45) is 5.13. The molecule has 1 spiro atoms. The molecule has 2 N–H and O–H groups in total. The summed E-state index contributed by atoms with van der Waals surface area (Å²) in [5, 5.41) is 4.94. The van der Waals surface area contributed by atoms with Crippen LogP contribution in [0.1, 0.15) is 38.9 Å². The van der Waals surface area contributed by atoms with Gasteiger partial charge in [0, 0.05) is 32.4 Å². The van der Waals surface area contributed by atoms with Crippen molar-refractivity contribution in [1.82, 2.24) is 4.57 Å². The van der Waals surface area contributed by atoms with Gasteiger partial charge in [-0.05, 0) is 81.3 Å². The van der Waals surface area contributed by atoms with Crippen molar-refractivity contribution in [2.45, 2.75) is 11.8 Å². The van der Waals surface area contributed by atoms with E-state index in [1.54, 1.807) is 0 Å². The van der Waals surface area contributed by atoms with Crippen LogP contribution < -0.4 is 21.6 Å². The van der Waals surface area contributed by atoms with Crippen LogP contribution >= 0.6 is 7.14 Å². The van der Waals surface area contributed by atoms with Gasteiger partial charge < -0.3 is 14.9 Å². The predicted octanol–water partition coefficient (Wildman–Crippen LogP) is 11.1. The first kappa shape index (κ1) is 34.3. The third-order valence-electron chi connectivity index (χ3n) is 12.3. The largest absolute Gasteiger partial charge is 0.398 e. The van der Waals surface area contributed by atoms with Gasteiger partial charge in [0.2, 0.25) is 0 Å². The molecule has 3 heterocycles.